The summed E-state index contributed by atoms with van der Waals surface area (Å²) in [5.41, 5.74) is 7.93. The number of rotatable bonds is 10. The molecular formula is C18H30IN5. The van der Waals surface area contributed by atoms with Gasteiger partial charge in [-0.05, 0) is 18.6 Å². The Labute approximate surface area is 162 Å². The van der Waals surface area contributed by atoms with Crippen molar-refractivity contribution in [2.24, 2.45) is 10.7 Å². The van der Waals surface area contributed by atoms with Crippen LogP contribution < -0.4 is 11.1 Å². The Hall–Kier alpha value is -1.31. The van der Waals surface area contributed by atoms with Crippen molar-refractivity contribution in [1.82, 2.24) is 14.7 Å². The second-order valence-corrected chi connectivity index (χ2v) is 5.91. The molecule has 0 amide bonds. The highest BCUT2D eigenvalue weighted by Gasteiger charge is 2.00. The van der Waals surface area contributed by atoms with Crippen LogP contribution in [0.15, 0.2) is 35.6 Å². The molecule has 3 N–H and O–H groups in total. The lowest BCUT2D eigenvalue weighted by molar-refractivity contribution is 0.611. The third-order valence-electron chi connectivity index (χ3n) is 3.89. The summed E-state index contributed by atoms with van der Waals surface area (Å²) in [5, 5.41) is 3.17. The van der Waals surface area contributed by atoms with Crippen LogP contribution >= 0.6 is 24.0 Å². The number of hydrogen-bond acceptors (Lipinski definition) is 2. The van der Waals surface area contributed by atoms with Gasteiger partial charge >= 0.3 is 0 Å². The van der Waals surface area contributed by atoms with Gasteiger partial charge in [0.2, 0.25) is 0 Å². The van der Waals surface area contributed by atoms with E-state index in [1.807, 2.05) is 28.8 Å². The minimum atomic E-state index is 0. The average molecular weight is 443 g/mol. The lowest BCUT2D eigenvalue weighted by Crippen LogP contribution is -2.33. The van der Waals surface area contributed by atoms with Crippen LogP contribution in [0.25, 0.3) is 5.65 Å². The first-order valence-corrected chi connectivity index (χ1v) is 8.76. The topological polar surface area (TPSA) is 67.7 Å². The molecule has 2 heterocycles. The first kappa shape index (κ1) is 20.7. The van der Waals surface area contributed by atoms with E-state index >= 15 is 0 Å². The number of nitrogens with one attached hydrogen (secondary N) is 1. The molecule has 2 aromatic rings. The quantitative estimate of drug-likeness (QED) is 0.254. The van der Waals surface area contributed by atoms with Crippen molar-refractivity contribution < 1.29 is 0 Å². The molecule has 0 spiro atoms. The highest BCUT2D eigenvalue weighted by atomic mass is 127. The van der Waals surface area contributed by atoms with Crippen molar-refractivity contribution in [3.8, 4) is 0 Å². The standard InChI is InChI=1S/C18H29N5.HI/c1-2-3-4-5-6-8-12-20-18(19)21-13-11-16-15-23-14-9-7-10-17(23)22-16;/h7,9-10,14-15H,2-6,8,11-13H2,1H3,(H3,19,20,21);1H. The molecule has 0 aliphatic heterocycles. The fraction of sp³-hybridized carbons (Fsp3) is 0.556. The van der Waals surface area contributed by atoms with Crippen LogP contribution in [0.4, 0.5) is 0 Å². The fourth-order valence-electron chi connectivity index (χ4n) is 2.57. The SMILES string of the molecule is CCCCCCCCN=C(N)NCCc1cn2ccccc2n1.I. The Bertz CT molecular complexity index is 575. The van der Waals surface area contributed by atoms with Crippen LogP contribution in [-0.2, 0) is 6.42 Å². The average Bonchev–Trinajstić information content (AvgIpc) is 2.96. The van der Waals surface area contributed by atoms with Crippen LogP contribution in [-0.4, -0.2) is 28.4 Å². The number of nitrogens with two attached hydrogens (primary N) is 1. The van der Waals surface area contributed by atoms with Gasteiger partial charge < -0.3 is 15.5 Å². The Morgan fingerprint density at radius 3 is 2.79 bits per heavy atom. The molecule has 0 unspecified atom stereocenters. The minimum absolute atomic E-state index is 0. The summed E-state index contributed by atoms with van der Waals surface area (Å²) in [6.45, 7) is 3.82. The highest BCUT2D eigenvalue weighted by Crippen LogP contribution is 2.05. The van der Waals surface area contributed by atoms with Crippen LogP contribution in [0.5, 0.6) is 0 Å². The highest BCUT2D eigenvalue weighted by molar-refractivity contribution is 14.0. The zero-order chi connectivity index (χ0) is 16.3. The molecule has 6 heteroatoms. The van der Waals surface area contributed by atoms with Gasteiger partial charge in [-0.25, -0.2) is 4.98 Å². The first-order chi connectivity index (χ1) is 11.3. The minimum Gasteiger partial charge on any atom is -0.370 e. The third-order valence-corrected chi connectivity index (χ3v) is 3.89. The van der Waals surface area contributed by atoms with Crippen molar-refractivity contribution in [2.45, 2.75) is 51.9 Å². The van der Waals surface area contributed by atoms with Gasteiger partial charge in [0, 0.05) is 31.9 Å². The largest absolute Gasteiger partial charge is 0.370 e. The van der Waals surface area contributed by atoms with Crippen LogP contribution in [0, 0.1) is 0 Å². The molecular weight excluding hydrogens is 413 g/mol. The number of pyridine rings is 1. The number of aliphatic imine (C=N–C) groups is 1. The maximum Gasteiger partial charge on any atom is 0.188 e. The number of fused-ring (bicyclic) bond motifs is 1. The van der Waals surface area contributed by atoms with Gasteiger partial charge in [0.1, 0.15) is 5.65 Å². The lowest BCUT2D eigenvalue weighted by atomic mass is 10.1. The molecule has 0 atom stereocenters. The number of nitrogens with zero attached hydrogens (tertiary/aromatic N) is 3. The van der Waals surface area contributed by atoms with Crippen molar-refractivity contribution in [3.63, 3.8) is 0 Å². The second-order valence-electron chi connectivity index (χ2n) is 5.91. The monoisotopic (exact) mass is 443 g/mol. The van der Waals surface area contributed by atoms with Gasteiger partial charge in [-0.1, -0.05) is 45.1 Å². The van der Waals surface area contributed by atoms with Crippen LogP contribution in [0.1, 0.15) is 51.1 Å². The fourth-order valence-corrected chi connectivity index (χ4v) is 2.57. The molecule has 2 aromatic heterocycles. The summed E-state index contributed by atoms with van der Waals surface area (Å²) in [6, 6.07) is 6.01. The van der Waals surface area contributed by atoms with Crippen molar-refractivity contribution >= 4 is 35.6 Å². The Morgan fingerprint density at radius 1 is 1.21 bits per heavy atom. The summed E-state index contributed by atoms with van der Waals surface area (Å²) in [6.07, 6.45) is 12.6. The van der Waals surface area contributed by atoms with Crippen LogP contribution in [0.3, 0.4) is 0 Å². The molecule has 0 bridgehead atoms. The van der Waals surface area contributed by atoms with E-state index in [4.69, 9.17) is 5.73 Å². The van der Waals surface area contributed by atoms with Crippen molar-refractivity contribution in [3.05, 3.63) is 36.3 Å². The van der Waals surface area contributed by atoms with E-state index in [9.17, 15) is 0 Å². The summed E-state index contributed by atoms with van der Waals surface area (Å²) < 4.78 is 2.03. The number of halogens is 1. The van der Waals surface area contributed by atoms with E-state index in [1.54, 1.807) is 0 Å². The summed E-state index contributed by atoms with van der Waals surface area (Å²) in [5.74, 6) is 0.544. The number of aromatic nitrogens is 2. The van der Waals surface area contributed by atoms with Crippen molar-refractivity contribution in [1.29, 1.82) is 0 Å². The third kappa shape index (κ3) is 7.51. The van der Waals surface area contributed by atoms with E-state index in [-0.39, 0.29) is 24.0 Å². The maximum atomic E-state index is 5.89. The Kier molecular flexibility index (Phi) is 10.5. The molecule has 0 saturated carbocycles. The smallest absolute Gasteiger partial charge is 0.188 e. The van der Waals surface area contributed by atoms with Gasteiger partial charge in [-0.15, -0.1) is 24.0 Å². The molecule has 0 saturated heterocycles. The number of imidazole rings is 1. The summed E-state index contributed by atoms with van der Waals surface area (Å²) >= 11 is 0. The molecule has 134 valence electrons. The molecule has 5 nitrogen and oxygen atoms in total. The predicted molar refractivity (Wildman–Crippen MR) is 112 cm³/mol. The van der Waals surface area contributed by atoms with Gasteiger partial charge in [-0.2, -0.15) is 0 Å². The lowest BCUT2D eigenvalue weighted by Gasteiger charge is -2.04. The van der Waals surface area contributed by atoms with Gasteiger partial charge in [0.05, 0.1) is 5.69 Å². The zero-order valence-corrected chi connectivity index (χ0v) is 16.9. The molecule has 0 radical (unpaired) electrons. The van der Waals surface area contributed by atoms with Gasteiger partial charge in [-0.3, -0.25) is 4.99 Å². The maximum absolute atomic E-state index is 5.89. The van der Waals surface area contributed by atoms with E-state index in [1.165, 1.54) is 32.1 Å². The number of hydrogen-bond donors (Lipinski definition) is 2. The second kappa shape index (κ2) is 12.1. The first-order valence-electron chi connectivity index (χ1n) is 8.76. The van der Waals surface area contributed by atoms with E-state index in [2.05, 4.69) is 28.4 Å². The summed E-state index contributed by atoms with van der Waals surface area (Å²) in [4.78, 5) is 8.94. The molecule has 0 aliphatic rings. The van der Waals surface area contributed by atoms with E-state index < -0.39 is 0 Å². The van der Waals surface area contributed by atoms with Crippen molar-refractivity contribution in [2.75, 3.05) is 13.1 Å². The Balaban J connectivity index is 0.00000288. The van der Waals surface area contributed by atoms with Gasteiger partial charge in [0.25, 0.3) is 0 Å². The molecule has 24 heavy (non-hydrogen) atoms. The molecule has 2 rings (SSSR count). The zero-order valence-electron chi connectivity index (χ0n) is 14.6. The predicted octanol–water partition coefficient (Wildman–Crippen LogP) is 3.76. The summed E-state index contributed by atoms with van der Waals surface area (Å²) in [7, 11) is 0. The normalized spacial score (nSPS) is 11.5. The molecule has 0 aliphatic carbocycles. The van der Waals surface area contributed by atoms with Crippen LogP contribution in [0.2, 0.25) is 0 Å². The van der Waals surface area contributed by atoms with Gasteiger partial charge in [0.15, 0.2) is 5.96 Å². The molecule has 0 aromatic carbocycles. The molecule has 0 fully saturated rings. The van der Waals surface area contributed by atoms with E-state index in [0.717, 1.165) is 37.3 Å². The Morgan fingerprint density at radius 2 is 2.00 bits per heavy atom. The number of unbranched alkanes of at least 4 members (excludes halogenated alkanes) is 5. The van der Waals surface area contributed by atoms with E-state index in [0.29, 0.717) is 5.96 Å². The number of guanidine groups is 1.